The molecule has 1 heterocycles. The molecule has 0 radical (unpaired) electrons. The number of hydroxylamine groups is 1. The molecule has 1 aromatic carbocycles. The molecule has 10 heteroatoms. The summed E-state index contributed by atoms with van der Waals surface area (Å²) in [6.45, 7) is 2.69. The fraction of sp³-hybridized carbons (Fsp3) is 0.389. The largest absolute Gasteiger partial charge is 0.381 e. The van der Waals surface area contributed by atoms with Crippen LogP contribution in [0, 0.1) is 11.8 Å². The number of hydrogen-bond donors (Lipinski definition) is 4. The van der Waals surface area contributed by atoms with Crippen LogP contribution >= 0.6 is 0 Å². The van der Waals surface area contributed by atoms with E-state index in [0.717, 1.165) is 5.48 Å². The summed E-state index contributed by atoms with van der Waals surface area (Å²) in [5.74, 6) is 3.40. The van der Waals surface area contributed by atoms with E-state index in [4.69, 9.17) is 5.21 Å². The smallest absolute Gasteiger partial charge is 0.269 e. The first kappa shape index (κ1) is 21.3. The van der Waals surface area contributed by atoms with Gasteiger partial charge in [0.2, 0.25) is 5.91 Å². The van der Waals surface area contributed by atoms with E-state index in [-0.39, 0.29) is 17.5 Å². The predicted octanol–water partition coefficient (Wildman–Crippen LogP) is -0.111. The number of hydrogen-bond acceptors (Lipinski definition) is 5. The van der Waals surface area contributed by atoms with Crippen molar-refractivity contribution >= 4 is 17.7 Å². The van der Waals surface area contributed by atoms with E-state index in [1.807, 2.05) is 5.32 Å². The Morgan fingerprint density at radius 3 is 2.36 bits per heavy atom. The van der Waals surface area contributed by atoms with Gasteiger partial charge in [-0.05, 0) is 31.2 Å². The lowest BCUT2D eigenvalue weighted by Crippen LogP contribution is -2.61. The van der Waals surface area contributed by atoms with Crippen LogP contribution in [0.4, 0.5) is 8.78 Å². The average molecular weight is 395 g/mol. The van der Waals surface area contributed by atoms with Crippen LogP contribution < -0.4 is 10.8 Å². The van der Waals surface area contributed by atoms with Crippen LogP contribution in [0.25, 0.3) is 0 Å². The second kappa shape index (κ2) is 8.33. The molecule has 2 rings (SSSR count). The Morgan fingerprint density at radius 2 is 1.89 bits per heavy atom. The molecule has 0 aromatic heterocycles. The third kappa shape index (κ3) is 4.82. The maximum atomic E-state index is 13.0. The molecule has 1 aliphatic rings. The zero-order chi connectivity index (χ0) is 21.1. The average Bonchev–Trinajstić information content (AvgIpc) is 3.43. The van der Waals surface area contributed by atoms with Gasteiger partial charge in [0.25, 0.3) is 18.2 Å². The van der Waals surface area contributed by atoms with E-state index in [1.165, 1.54) is 31.2 Å². The Hall–Kier alpha value is -3.03. The molecule has 3 atom stereocenters. The van der Waals surface area contributed by atoms with Crippen molar-refractivity contribution in [2.45, 2.75) is 38.0 Å². The monoisotopic (exact) mass is 395 g/mol. The van der Waals surface area contributed by atoms with Gasteiger partial charge in [0.1, 0.15) is 12.1 Å². The highest BCUT2D eigenvalue weighted by molar-refractivity contribution is 5.97. The van der Waals surface area contributed by atoms with E-state index >= 15 is 0 Å². The first-order valence-electron chi connectivity index (χ1n) is 8.22. The third-order valence-corrected chi connectivity index (χ3v) is 4.22. The van der Waals surface area contributed by atoms with Gasteiger partial charge in [-0.2, -0.15) is 0 Å². The number of carbonyl (C=O) groups is 3. The quantitative estimate of drug-likeness (QED) is 0.240. The number of benzene rings is 1. The maximum Gasteiger partial charge on any atom is 0.269 e. The number of alkyl halides is 2. The number of rotatable bonds is 5. The topological polar surface area (TPSA) is 119 Å². The zero-order valence-electron chi connectivity index (χ0n) is 15.1. The molecule has 28 heavy (non-hydrogen) atoms. The summed E-state index contributed by atoms with van der Waals surface area (Å²) < 4.78 is 26.0. The Morgan fingerprint density at radius 1 is 1.29 bits per heavy atom. The molecule has 0 bridgehead atoms. The molecule has 8 nitrogen and oxygen atoms in total. The van der Waals surface area contributed by atoms with Crippen LogP contribution in [0.15, 0.2) is 24.3 Å². The molecule has 0 saturated carbocycles. The normalized spacial score (nSPS) is 18.4. The van der Waals surface area contributed by atoms with Gasteiger partial charge in [0, 0.05) is 18.1 Å². The minimum atomic E-state index is -3.36. The highest BCUT2D eigenvalue weighted by atomic mass is 19.3. The van der Waals surface area contributed by atoms with Gasteiger partial charge in [0.15, 0.2) is 5.60 Å². The Balaban J connectivity index is 2.08. The summed E-state index contributed by atoms with van der Waals surface area (Å²) in [7, 11) is 0. The van der Waals surface area contributed by atoms with Crippen LogP contribution in [-0.4, -0.2) is 63.6 Å². The molecule has 1 aromatic rings. The number of nitrogens with zero attached hydrogens (tertiary/aromatic N) is 1. The summed E-state index contributed by atoms with van der Waals surface area (Å²) >= 11 is 0. The molecule has 1 aliphatic heterocycles. The molecule has 0 aliphatic carbocycles. The second-order valence-electron chi connectivity index (χ2n) is 6.44. The van der Waals surface area contributed by atoms with Crippen molar-refractivity contribution in [3.05, 3.63) is 35.4 Å². The van der Waals surface area contributed by atoms with Gasteiger partial charge in [-0.25, -0.2) is 14.3 Å². The van der Waals surface area contributed by atoms with Gasteiger partial charge >= 0.3 is 0 Å². The molecular formula is C18H19F2N3O5. The van der Waals surface area contributed by atoms with Crippen LogP contribution in [0.5, 0.6) is 0 Å². The maximum absolute atomic E-state index is 13.0. The minimum absolute atomic E-state index is 0.0307. The Labute approximate surface area is 159 Å². The van der Waals surface area contributed by atoms with Crippen molar-refractivity contribution in [3.63, 3.8) is 0 Å². The zero-order valence-corrected chi connectivity index (χ0v) is 15.1. The van der Waals surface area contributed by atoms with Crippen molar-refractivity contribution in [2.24, 2.45) is 0 Å². The Kier molecular flexibility index (Phi) is 6.33. The summed E-state index contributed by atoms with van der Waals surface area (Å²) in [4.78, 5) is 36.5. The summed E-state index contributed by atoms with van der Waals surface area (Å²) in [5.41, 5.74) is -1.16. The molecular weight excluding hydrogens is 376 g/mol. The Bertz CT molecular complexity index is 830. The highest BCUT2D eigenvalue weighted by Gasteiger charge is 2.46. The lowest BCUT2D eigenvalue weighted by molar-refractivity contribution is -0.149. The molecule has 3 amide bonds. The molecule has 1 fully saturated rings. The number of carbonyl (C=O) groups excluding carboxylic acids is 3. The van der Waals surface area contributed by atoms with Gasteiger partial charge in [0.05, 0.1) is 6.54 Å². The summed E-state index contributed by atoms with van der Waals surface area (Å²) in [5, 5.41) is 20.5. The molecule has 4 N–H and O–H groups in total. The number of aliphatic hydroxyl groups is 1. The first-order valence-corrected chi connectivity index (χ1v) is 8.22. The van der Waals surface area contributed by atoms with Gasteiger partial charge < -0.3 is 15.3 Å². The number of nitrogens with one attached hydrogen (secondary N) is 2. The van der Waals surface area contributed by atoms with Crippen molar-refractivity contribution in [3.8, 4) is 11.8 Å². The summed E-state index contributed by atoms with van der Waals surface area (Å²) in [6.07, 6.45) is -3.36. The standard InChI is InChI=1S/C18H19F2N3O5/c1-10(24)23-9-13(23)8-5-11-3-6-12(7-4-11)15(25)21-14(16(26)22-28)18(2,27)17(19)20/h3-4,6-7,13-14,17,27-28H,9H2,1-2H3,(H,21,25)(H,22,26)/t13?,14-,18+,23?/m1/s1. The fourth-order valence-corrected chi connectivity index (χ4v) is 2.36. The van der Waals surface area contributed by atoms with Gasteiger partial charge in [-0.15, -0.1) is 0 Å². The van der Waals surface area contributed by atoms with E-state index in [9.17, 15) is 28.3 Å². The SMILES string of the molecule is CC(=O)N1CC1C#Cc1ccc(C(=O)N[C@H](C(=O)NO)[C@](C)(O)C(F)F)cc1. The molecule has 0 spiro atoms. The predicted molar refractivity (Wildman–Crippen MR) is 92.3 cm³/mol. The van der Waals surface area contributed by atoms with E-state index < -0.39 is 29.9 Å². The third-order valence-electron chi connectivity index (χ3n) is 4.22. The van der Waals surface area contributed by atoms with E-state index in [2.05, 4.69) is 11.8 Å². The van der Waals surface area contributed by atoms with Crippen molar-refractivity contribution < 1.29 is 33.5 Å². The van der Waals surface area contributed by atoms with Crippen molar-refractivity contribution in [1.29, 1.82) is 0 Å². The second-order valence-corrected chi connectivity index (χ2v) is 6.44. The lowest BCUT2D eigenvalue weighted by Gasteiger charge is -2.30. The highest BCUT2D eigenvalue weighted by Crippen LogP contribution is 2.20. The minimum Gasteiger partial charge on any atom is -0.381 e. The lowest BCUT2D eigenvalue weighted by atomic mass is 9.95. The van der Waals surface area contributed by atoms with Crippen LogP contribution in [0.1, 0.15) is 29.8 Å². The number of halogens is 2. The molecule has 1 saturated heterocycles. The number of amides is 3. The fourth-order valence-electron chi connectivity index (χ4n) is 2.36. The molecule has 1 unspecified atom stereocenters. The summed E-state index contributed by atoms with van der Waals surface area (Å²) in [6, 6.07) is 3.52. The van der Waals surface area contributed by atoms with Crippen LogP contribution in [0.2, 0.25) is 0 Å². The van der Waals surface area contributed by atoms with Crippen LogP contribution in [0.3, 0.4) is 0 Å². The van der Waals surface area contributed by atoms with Crippen LogP contribution in [-0.2, 0) is 9.59 Å². The molecule has 150 valence electrons. The van der Waals surface area contributed by atoms with Crippen molar-refractivity contribution in [2.75, 3.05) is 6.54 Å². The van der Waals surface area contributed by atoms with Gasteiger partial charge in [-0.3, -0.25) is 19.6 Å². The van der Waals surface area contributed by atoms with Crippen molar-refractivity contribution in [1.82, 2.24) is 15.7 Å². The van der Waals surface area contributed by atoms with E-state index in [1.54, 1.807) is 4.90 Å². The van der Waals surface area contributed by atoms with Gasteiger partial charge in [-0.1, -0.05) is 11.8 Å². The first-order chi connectivity index (χ1) is 13.1. The van der Waals surface area contributed by atoms with E-state index in [0.29, 0.717) is 19.0 Å².